The van der Waals surface area contributed by atoms with Crippen LogP contribution in [-0.2, 0) is 13.1 Å². The number of hydrogen-bond donors (Lipinski definition) is 1. The lowest BCUT2D eigenvalue weighted by Gasteiger charge is -2.19. The van der Waals surface area contributed by atoms with Gasteiger partial charge in [0.2, 0.25) is 0 Å². The summed E-state index contributed by atoms with van der Waals surface area (Å²) in [5.41, 5.74) is 0.0713. The van der Waals surface area contributed by atoms with E-state index in [4.69, 9.17) is 4.74 Å². The van der Waals surface area contributed by atoms with E-state index in [-0.39, 0.29) is 5.54 Å². The molecule has 0 atom stereocenters. The van der Waals surface area contributed by atoms with Crippen molar-refractivity contribution in [2.24, 2.45) is 0 Å². The van der Waals surface area contributed by atoms with Crippen molar-refractivity contribution >= 4 is 0 Å². The summed E-state index contributed by atoms with van der Waals surface area (Å²) in [6, 6.07) is 9.78. The van der Waals surface area contributed by atoms with Crippen LogP contribution in [0.25, 0.3) is 0 Å². The molecule has 2 rings (SSSR count). The molecule has 0 saturated carbocycles. The number of benzene rings is 1. The van der Waals surface area contributed by atoms with E-state index in [9.17, 15) is 0 Å². The predicted octanol–water partition coefficient (Wildman–Crippen LogP) is 2.25. The molecule has 0 spiro atoms. The maximum atomic E-state index is 5.63. The zero-order chi connectivity index (χ0) is 14.4. The van der Waals surface area contributed by atoms with Crippen molar-refractivity contribution in [2.45, 2.75) is 39.4 Å². The Bertz CT molecular complexity index is 516. The topological polar surface area (TPSA) is 52.0 Å². The van der Waals surface area contributed by atoms with E-state index >= 15 is 0 Å². The Kier molecular flexibility index (Phi) is 4.74. The van der Waals surface area contributed by atoms with Crippen LogP contribution < -0.4 is 10.1 Å². The summed E-state index contributed by atoms with van der Waals surface area (Å²) in [7, 11) is 0. The van der Waals surface area contributed by atoms with Crippen LogP contribution in [0.4, 0.5) is 0 Å². The lowest BCUT2D eigenvalue weighted by atomic mass is 10.1. The van der Waals surface area contributed by atoms with Crippen molar-refractivity contribution in [2.75, 3.05) is 6.61 Å². The molecule has 1 aromatic heterocycles. The summed E-state index contributed by atoms with van der Waals surface area (Å²) in [5, 5.41) is 7.77. The molecule has 0 aliphatic rings. The fraction of sp³-hybridized carbons (Fsp3) is 0.467. The summed E-state index contributed by atoms with van der Waals surface area (Å²) in [4.78, 5) is 4.28. The SMILES string of the molecule is CC(C)(C)NCc1ncn(CCOc2ccccc2)n1. The van der Waals surface area contributed by atoms with Gasteiger partial charge in [0.05, 0.1) is 13.1 Å². The van der Waals surface area contributed by atoms with Crippen LogP contribution in [0.3, 0.4) is 0 Å². The number of ether oxygens (including phenoxy) is 1. The molecule has 2 aromatic rings. The van der Waals surface area contributed by atoms with Gasteiger partial charge in [-0.25, -0.2) is 9.67 Å². The second-order valence-corrected chi connectivity index (χ2v) is 5.69. The van der Waals surface area contributed by atoms with E-state index in [0.717, 1.165) is 11.6 Å². The minimum atomic E-state index is 0.0713. The third kappa shape index (κ3) is 5.01. The molecule has 108 valence electrons. The number of aromatic nitrogens is 3. The number of rotatable bonds is 6. The predicted molar refractivity (Wildman–Crippen MR) is 78.6 cm³/mol. The third-order valence-electron chi connectivity index (χ3n) is 2.69. The smallest absolute Gasteiger partial charge is 0.164 e. The Morgan fingerprint density at radius 1 is 1.20 bits per heavy atom. The molecular weight excluding hydrogens is 252 g/mol. The number of para-hydroxylation sites is 1. The Morgan fingerprint density at radius 2 is 1.95 bits per heavy atom. The molecule has 0 saturated heterocycles. The maximum absolute atomic E-state index is 5.63. The molecule has 0 radical (unpaired) electrons. The minimum Gasteiger partial charge on any atom is -0.492 e. The van der Waals surface area contributed by atoms with E-state index < -0.39 is 0 Å². The molecule has 0 bridgehead atoms. The lowest BCUT2D eigenvalue weighted by Crippen LogP contribution is -2.35. The number of nitrogens with one attached hydrogen (secondary N) is 1. The second-order valence-electron chi connectivity index (χ2n) is 5.69. The highest BCUT2D eigenvalue weighted by atomic mass is 16.5. The first kappa shape index (κ1) is 14.5. The number of nitrogens with zero attached hydrogens (tertiary/aromatic N) is 3. The molecule has 0 unspecified atom stereocenters. The minimum absolute atomic E-state index is 0.0713. The van der Waals surface area contributed by atoms with Crippen LogP contribution in [0.1, 0.15) is 26.6 Å². The van der Waals surface area contributed by atoms with Gasteiger partial charge >= 0.3 is 0 Å². The van der Waals surface area contributed by atoms with Crippen molar-refractivity contribution in [3.8, 4) is 5.75 Å². The Labute approximate surface area is 120 Å². The summed E-state index contributed by atoms with van der Waals surface area (Å²) in [6.45, 7) is 8.32. The second kappa shape index (κ2) is 6.52. The summed E-state index contributed by atoms with van der Waals surface area (Å²) >= 11 is 0. The fourth-order valence-corrected chi connectivity index (χ4v) is 1.64. The Morgan fingerprint density at radius 3 is 2.65 bits per heavy atom. The number of hydrogen-bond acceptors (Lipinski definition) is 4. The van der Waals surface area contributed by atoms with Crippen LogP contribution in [0.15, 0.2) is 36.7 Å². The van der Waals surface area contributed by atoms with E-state index in [0.29, 0.717) is 19.7 Å². The maximum Gasteiger partial charge on any atom is 0.164 e. The highest BCUT2D eigenvalue weighted by molar-refractivity contribution is 5.20. The first-order chi connectivity index (χ1) is 9.53. The van der Waals surface area contributed by atoms with Gasteiger partial charge < -0.3 is 10.1 Å². The average Bonchev–Trinajstić information content (AvgIpc) is 2.85. The van der Waals surface area contributed by atoms with Crippen molar-refractivity contribution < 1.29 is 4.74 Å². The van der Waals surface area contributed by atoms with Gasteiger partial charge in [0.25, 0.3) is 0 Å². The standard InChI is InChI=1S/C15H22N4O/c1-15(2,3)17-11-14-16-12-19(18-14)9-10-20-13-7-5-4-6-8-13/h4-8,12,17H,9-11H2,1-3H3. The van der Waals surface area contributed by atoms with E-state index in [2.05, 4.69) is 36.2 Å². The zero-order valence-corrected chi connectivity index (χ0v) is 12.3. The molecule has 5 heteroatoms. The van der Waals surface area contributed by atoms with Gasteiger partial charge in [-0.2, -0.15) is 5.10 Å². The van der Waals surface area contributed by atoms with E-state index in [1.54, 1.807) is 6.33 Å². The highest BCUT2D eigenvalue weighted by Crippen LogP contribution is 2.08. The van der Waals surface area contributed by atoms with Gasteiger partial charge in [-0.1, -0.05) is 18.2 Å². The zero-order valence-electron chi connectivity index (χ0n) is 12.3. The first-order valence-electron chi connectivity index (χ1n) is 6.84. The fourth-order valence-electron chi connectivity index (χ4n) is 1.64. The Balaban J connectivity index is 1.75. The van der Waals surface area contributed by atoms with E-state index in [1.807, 2.05) is 35.0 Å². The molecule has 5 nitrogen and oxygen atoms in total. The molecule has 0 fully saturated rings. The summed E-state index contributed by atoms with van der Waals surface area (Å²) in [5.74, 6) is 1.68. The van der Waals surface area contributed by atoms with Crippen molar-refractivity contribution in [3.05, 3.63) is 42.5 Å². The van der Waals surface area contributed by atoms with Crippen molar-refractivity contribution in [3.63, 3.8) is 0 Å². The van der Waals surface area contributed by atoms with Gasteiger partial charge in [-0.3, -0.25) is 0 Å². The van der Waals surface area contributed by atoms with Gasteiger partial charge in [-0.05, 0) is 32.9 Å². The van der Waals surface area contributed by atoms with Crippen LogP contribution in [0.5, 0.6) is 5.75 Å². The van der Waals surface area contributed by atoms with Gasteiger partial charge in [0, 0.05) is 5.54 Å². The normalized spacial score (nSPS) is 11.6. The van der Waals surface area contributed by atoms with Crippen LogP contribution in [0.2, 0.25) is 0 Å². The quantitative estimate of drug-likeness (QED) is 0.877. The molecule has 0 aliphatic carbocycles. The third-order valence-corrected chi connectivity index (χ3v) is 2.69. The lowest BCUT2D eigenvalue weighted by molar-refractivity contribution is 0.290. The monoisotopic (exact) mass is 274 g/mol. The highest BCUT2D eigenvalue weighted by Gasteiger charge is 2.10. The van der Waals surface area contributed by atoms with Gasteiger partial charge in [0.1, 0.15) is 18.7 Å². The van der Waals surface area contributed by atoms with Gasteiger partial charge in [0.15, 0.2) is 5.82 Å². The van der Waals surface area contributed by atoms with Crippen molar-refractivity contribution in [1.82, 2.24) is 20.1 Å². The molecule has 1 heterocycles. The molecule has 0 amide bonds. The molecule has 20 heavy (non-hydrogen) atoms. The largest absolute Gasteiger partial charge is 0.492 e. The molecule has 1 N–H and O–H groups in total. The first-order valence-corrected chi connectivity index (χ1v) is 6.84. The van der Waals surface area contributed by atoms with Gasteiger partial charge in [-0.15, -0.1) is 0 Å². The molecular formula is C15H22N4O. The summed E-state index contributed by atoms with van der Waals surface area (Å²) < 4.78 is 7.44. The van der Waals surface area contributed by atoms with E-state index in [1.165, 1.54) is 0 Å². The van der Waals surface area contributed by atoms with Crippen LogP contribution in [0, 0.1) is 0 Å². The van der Waals surface area contributed by atoms with Crippen LogP contribution >= 0.6 is 0 Å². The van der Waals surface area contributed by atoms with Crippen molar-refractivity contribution in [1.29, 1.82) is 0 Å². The van der Waals surface area contributed by atoms with Crippen LogP contribution in [-0.4, -0.2) is 26.9 Å². The summed E-state index contributed by atoms with van der Waals surface area (Å²) in [6.07, 6.45) is 1.74. The molecule has 1 aromatic carbocycles. The Hall–Kier alpha value is -1.88. The molecule has 0 aliphatic heterocycles. The average molecular weight is 274 g/mol.